The van der Waals surface area contributed by atoms with Crippen LogP contribution in [0.15, 0.2) is 24.5 Å². The van der Waals surface area contributed by atoms with Gasteiger partial charge in [-0.25, -0.2) is 9.36 Å². The second-order valence-electron chi connectivity index (χ2n) is 11.1. The van der Waals surface area contributed by atoms with Crippen LogP contribution in [0.25, 0.3) is 0 Å². The van der Waals surface area contributed by atoms with E-state index in [1.165, 1.54) is 96.3 Å². The normalized spacial score (nSPS) is 17.1. The van der Waals surface area contributed by atoms with Crippen molar-refractivity contribution in [3.05, 3.63) is 24.5 Å². The highest BCUT2D eigenvalue weighted by molar-refractivity contribution is 5.84. The third kappa shape index (κ3) is 16.3. The Kier molecular flexibility index (Phi) is 19.0. The second kappa shape index (κ2) is 22.2. The molecule has 0 bridgehead atoms. The molecule has 1 saturated heterocycles. The monoisotopic (exact) mass is 533 g/mol. The quantitative estimate of drug-likeness (QED) is 0.114. The number of ether oxygens (including phenoxy) is 3. The van der Waals surface area contributed by atoms with E-state index >= 15 is 0 Å². The molecule has 0 saturated carbocycles. The fraction of sp³-hybridized carbons (Fsp3) is 0.812. The van der Waals surface area contributed by atoms with E-state index < -0.39 is 6.09 Å². The first kappa shape index (κ1) is 32.6. The van der Waals surface area contributed by atoms with Crippen LogP contribution in [0.2, 0.25) is 0 Å². The molecule has 1 fully saturated rings. The van der Waals surface area contributed by atoms with Crippen LogP contribution < -0.4 is 9.88 Å². The lowest BCUT2D eigenvalue weighted by Crippen LogP contribution is -2.31. The van der Waals surface area contributed by atoms with E-state index in [9.17, 15) is 4.79 Å². The molecule has 1 aromatic rings. The zero-order valence-corrected chi connectivity index (χ0v) is 24.6. The molecule has 2 heterocycles. The lowest BCUT2D eigenvalue weighted by Gasteiger charge is -2.11. The van der Waals surface area contributed by atoms with Gasteiger partial charge in [0.2, 0.25) is 0 Å². The van der Waals surface area contributed by atoms with Crippen molar-refractivity contribution in [2.45, 2.75) is 136 Å². The zero-order chi connectivity index (χ0) is 27.1. The second-order valence-corrected chi connectivity index (χ2v) is 11.1. The first-order chi connectivity index (χ1) is 18.7. The number of unbranched alkanes of at least 4 members (excludes halogenated alkanes) is 15. The van der Waals surface area contributed by atoms with Crippen LogP contribution in [0.5, 0.6) is 0 Å². The van der Waals surface area contributed by atoms with E-state index in [-0.39, 0.29) is 12.7 Å². The first-order valence-corrected chi connectivity index (χ1v) is 15.8. The maximum absolute atomic E-state index is 12.0. The van der Waals surface area contributed by atoms with Gasteiger partial charge in [-0.2, -0.15) is 0 Å². The Balaban J connectivity index is 1.32. The van der Waals surface area contributed by atoms with Crippen LogP contribution in [0.4, 0.5) is 10.5 Å². The number of rotatable bonds is 23. The Hall–Kier alpha value is -1.66. The van der Waals surface area contributed by atoms with Gasteiger partial charge in [0.1, 0.15) is 13.2 Å². The van der Waals surface area contributed by atoms with Crippen LogP contribution in [0.1, 0.15) is 123 Å². The van der Waals surface area contributed by atoms with Crippen molar-refractivity contribution >= 4 is 11.8 Å². The Labute approximate surface area is 233 Å². The third-order valence-electron chi connectivity index (χ3n) is 7.56. The van der Waals surface area contributed by atoms with Crippen molar-refractivity contribution in [3.8, 4) is 0 Å². The number of aryl methyl sites for hydroxylation is 1. The maximum Gasteiger partial charge on any atom is 0.411 e. The van der Waals surface area contributed by atoms with Crippen LogP contribution in [0, 0.1) is 5.92 Å². The average molecular weight is 534 g/mol. The van der Waals surface area contributed by atoms with Crippen molar-refractivity contribution in [2.75, 3.05) is 31.7 Å². The van der Waals surface area contributed by atoms with Crippen molar-refractivity contribution < 1.29 is 23.6 Å². The van der Waals surface area contributed by atoms with Crippen LogP contribution >= 0.6 is 0 Å². The minimum atomic E-state index is -0.439. The van der Waals surface area contributed by atoms with Gasteiger partial charge < -0.3 is 14.2 Å². The number of carbonyl (C=O) groups excluding carboxylic acids is 1. The van der Waals surface area contributed by atoms with E-state index in [2.05, 4.69) is 19.2 Å². The maximum atomic E-state index is 12.0. The molecular weight excluding hydrogens is 476 g/mol. The van der Waals surface area contributed by atoms with Gasteiger partial charge in [-0.15, -0.1) is 0 Å². The smallest absolute Gasteiger partial charge is 0.411 e. The molecule has 1 aliphatic rings. The summed E-state index contributed by atoms with van der Waals surface area (Å²) in [6, 6.07) is 3.73. The summed E-state index contributed by atoms with van der Waals surface area (Å²) < 4.78 is 19.1. The highest BCUT2D eigenvalue weighted by Gasteiger charge is 2.26. The molecule has 0 unspecified atom stereocenters. The van der Waals surface area contributed by atoms with Crippen LogP contribution in [0.3, 0.4) is 0 Å². The Bertz CT molecular complexity index is 697. The lowest BCUT2D eigenvalue weighted by molar-refractivity contribution is -0.693. The molecule has 1 amide bonds. The van der Waals surface area contributed by atoms with Gasteiger partial charge in [-0.3, -0.25) is 5.32 Å². The van der Waals surface area contributed by atoms with E-state index in [0.29, 0.717) is 12.5 Å². The molecule has 1 aliphatic heterocycles. The topological polar surface area (TPSA) is 60.7 Å². The largest absolute Gasteiger partial charge is 0.447 e. The number of amides is 1. The summed E-state index contributed by atoms with van der Waals surface area (Å²) in [6.45, 7) is 7.80. The van der Waals surface area contributed by atoms with E-state index in [0.717, 1.165) is 38.3 Å². The molecule has 2 rings (SSSR count). The first-order valence-electron chi connectivity index (χ1n) is 15.8. The van der Waals surface area contributed by atoms with E-state index in [1.54, 1.807) is 0 Å². The van der Waals surface area contributed by atoms with Gasteiger partial charge in [0.25, 0.3) is 0 Å². The van der Waals surface area contributed by atoms with Crippen molar-refractivity contribution in [2.24, 2.45) is 5.92 Å². The molecule has 38 heavy (non-hydrogen) atoms. The van der Waals surface area contributed by atoms with Crippen molar-refractivity contribution in [1.29, 1.82) is 0 Å². The molecule has 1 aromatic heterocycles. The summed E-state index contributed by atoms with van der Waals surface area (Å²) in [7, 11) is 0. The number of nitrogens with one attached hydrogen (secondary N) is 1. The van der Waals surface area contributed by atoms with Gasteiger partial charge in [-0.1, -0.05) is 103 Å². The molecule has 6 nitrogen and oxygen atoms in total. The fourth-order valence-electron chi connectivity index (χ4n) is 5.09. The standard InChI is InChI=1S/C32H56N2O4/c1-3-5-6-7-8-9-10-11-12-13-14-15-16-17-18-19-24-36-26-29-25-31(37-27-29)28-38-32(35)33-30-20-22-34(4-2)23-21-30/h20-23,29,31H,3-19,24-28H2,1-2H3/p+1/t29-,31-/m1/s1. The van der Waals surface area contributed by atoms with Gasteiger partial charge in [-0.05, 0) is 19.8 Å². The number of anilines is 1. The van der Waals surface area contributed by atoms with Gasteiger partial charge in [0.05, 0.1) is 25.0 Å². The molecule has 0 aliphatic carbocycles. The molecule has 0 spiro atoms. The van der Waals surface area contributed by atoms with E-state index in [1.807, 2.05) is 29.1 Å². The number of nitrogens with zero attached hydrogens (tertiary/aromatic N) is 1. The van der Waals surface area contributed by atoms with Crippen molar-refractivity contribution in [1.82, 2.24) is 0 Å². The van der Waals surface area contributed by atoms with Gasteiger partial charge in [0, 0.05) is 24.7 Å². The van der Waals surface area contributed by atoms with E-state index in [4.69, 9.17) is 14.2 Å². The minimum absolute atomic E-state index is 0.0390. The molecular formula is C32H57N2O4+. The van der Waals surface area contributed by atoms with Gasteiger partial charge >= 0.3 is 6.09 Å². The highest BCUT2D eigenvalue weighted by Crippen LogP contribution is 2.21. The summed E-state index contributed by atoms with van der Waals surface area (Å²) in [6.07, 6.45) is 26.5. The number of aromatic nitrogens is 1. The SMILES string of the molecule is CCCCCCCCCCCCCCCCCCOC[C@@H]1CO[C@@H](COC(=O)Nc2cc[n+](CC)cc2)C1. The zero-order valence-electron chi connectivity index (χ0n) is 24.6. The molecule has 6 heteroatoms. The number of carbonyl (C=O) groups is 1. The molecule has 0 radical (unpaired) electrons. The predicted molar refractivity (Wildman–Crippen MR) is 155 cm³/mol. The summed E-state index contributed by atoms with van der Waals surface area (Å²) in [5.41, 5.74) is 0.729. The molecule has 218 valence electrons. The summed E-state index contributed by atoms with van der Waals surface area (Å²) in [5, 5.41) is 2.76. The third-order valence-corrected chi connectivity index (χ3v) is 7.56. The Morgan fingerprint density at radius 3 is 1.95 bits per heavy atom. The molecule has 1 N–H and O–H groups in total. The average Bonchev–Trinajstić information content (AvgIpc) is 3.39. The predicted octanol–water partition coefficient (Wildman–Crippen LogP) is 8.23. The van der Waals surface area contributed by atoms with Crippen LogP contribution in [-0.4, -0.2) is 38.6 Å². The Morgan fingerprint density at radius 2 is 1.39 bits per heavy atom. The summed E-state index contributed by atoms with van der Waals surface area (Å²) >= 11 is 0. The molecule has 2 atom stereocenters. The Morgan fingerprint density at radius 1 is 0.842 bits per heavy atom. The highest BCUT2D eigenvalue weighted by atomic mass is 16.6. The number of pyridine rings is 1. The lowest BCUT2D eigenvalue weighted by atomic mass is 10.0. The minimum Gasteiger partial charge on any atom is -0.447 e. The fourth-order valence-corrected chi connectivity index (χ4v) is 5.09. The van der Waals surface area contributed by atoms with Crippen molar-refractivity contribution in [3.63, 3.8) is 0 Å². The van der Waals surface area contributed by atoms with Gasteiger partial charge in [0.15, 0.2) is 12.4 Å². The summed E-state index contributed by atoms with van der Waals surface area (Å²) in [5.74, 6) is 0.395. The number of hydrogen-bond donors (Lipinski definition) is 1. The number of hydrogen-bond acceptors (Lipinski definition) is 4. The summed E-state index contributed by atoms with van der Waals surface area (Å²) in [4.78, 5) is 12.0. The van der Waals surface area contributed by atoms with Crippen LogP contribution in [-0.2, 0) is 20.8 Å². The molecule has 0 aromatic carbocycles.